The fourth-order valence-corrected chi connectivity index (χ4v) is 2.56. The van der Waals surface area contributed by atoms with Crippen molar-refractivity contribution in [2.24, 2.45) is 11.8 Å². The van der Waals surface area contributed by atoms with Crippen LogP contribution < -0.4 is 5.32 Å². The Morgan fingerprint density at radius 1 is 1.28 bits per heavy atom. The zero-order chi connectivity index (χ0) is 17.8. The number of aldehydes is 1. The van der Waals surface area contributed by atoms with Crippen molar-refractivity contribution >= 4 is 23.1 Å². The average molecular weight is 336 g/mol. The van der Waals surface area contributed by atoms with E-state index >= 15 is 0 Å². The number of H-pyrrole nitrogens is 1. The fraction of sp³-hybridized carbons (Fsp3) is 0.263. The van der Waals surface area contributed by atoms with Gasteiger partial charge in [0.05, 0.1) is 5.52 Å². The van der Waals surface area contributed by atoms with Crippen molar-refractivity contribution in [2.75, 3.05) is 6.54 Å². The lowest BCUT2D eigenvalue weighted by Gasteiger charge is -2.14. The van der Waals surface area contributed by atoms with E-state index in [-0.39, 0.29) is 17.7 Å². The van der Waals surface area contributed by atoms with Gasteiger partial charge in [-0.15, -0.1) is 0 Å². The monoisotopic (exact) mass is 336 g/mol. The molecule has 0 aliphatic rings. The number of amides is 1. The molecule has 2 N–H and O–H groups in total. The number of nitrogens with zero attached hydrogens (tertiary/aromatic N) is 2. The number of nitrogens with one attached hydrogen (secondary N) is 2. The number of aromatic amines is 1. The molecule has 2 atom stereocenters. The van der Waals surface area contributed by atoms with E-state index < -0.39 is 0 Å². The van der Waals surface area contributed by atoms with Gasteiger partial charge in [-0.1, -0.05) is 26.0 Å². The number of benzene rings is 1. The second-order valence-electron chi connectivity index (χ2n) is 6.26. The van der Waals surface area contributed by atoms with Gasteiger partial charge in [-0.2, -0.15) is 5.10 Å². The minimum Gasteiger partial charge on any atom is -0.350 e. The van der Waals surface area contributed by atoms with Crippen molar-refractivity contribution < 1.29 is 9.59 Å². The minimum absolute atomic E-state index is 0.0672. The third-order valence-electron chi connectivity index (χ3n) is 4.47. The van der Waals surface area contributed by atoms with Crippen LogP contribution in [0.3, 0.4) is 0 Å². The van der Waals surface area contributed by atoms with Gasteiger partial charge >= 0.3 is 0 Å². The van der Waals surface area contributed by atoms with Crippen LogP contribution in [-0.4, -0.2) is 33.9 Å². The second kappa shape index (κ2) is 7.25. The van der Waals surface area contributed by atoms with Crippen LogP contribution in [-0.2, 0) is 4.79 Å². The Labute approximate surface area is 145 Å². The van der Waals surface area contributed by atoms with Crippen molar-refractivity contribution in [1.29, 1.82) is 0 Å². The van der Waals surface area contributed by atoms with Crippen molar-refractivity contribution in [3.05, 3.63) is 48.4 Å². The first-order valence-corrected chi connectivity index (χ1v) is 8.22. The van der Waals surface area contributed by atoms with E-state index in [0.29, 0.717) is 12.2 Å². The summed E-state index contributed by atoms with van der Waals surface area (Å²) in [6, 6.07) is 9.64. The molecule has 3 aromatic rings. The van der Waals surface area contributed by atoms with E-state index in [9.17, 15) is 9.59 Å². The number of fused-ring (bicyclic) bond motifs is 1. The van der Waals surface area contributed by atoms with Gasteiger partial charge in [-0.3, -0.25) is 14.9 Å². The van der Waals surface area contributed by atoms with Crippen molar-refractivity contribution in [3.63, 3.8) is 0 Å². The van der Waals surface area contributed by atoms with E-state index in [1.807, 2.05) is 44.2 Å². The Morgan fingerprint density at radius 2 is 2.12 bits per heavy atom. The van der Waals surface area contributed by atoms with Gasteiger partial charge in [0.2, 0.25) is 0 Å². The standard InChI is InChI=1S/C19H20N4O2/c1-12(13(2)11-24)9-21-19(25)18-16-8-14(5-6-17(16)22-23-18)15-4-3-7-20-10-15/h3-8,10-13H,9H2,1-2H3,(H,21,25)(H,22,23). The predicted octanol–water partition coefficient (Wildman–Crippen LogP) is 2.83. The third kappa shape index (κ3) is 3.57. The molecule has 0 aliphatic carbocycles. The Balaban J connectivity index is 1.84. The summed E-state index contributed by atoms with van der Waals surface area (Å²) in [5.41, 5.74) is 3.10. The lowest BCUT2D eigenvalue weighted by atomic mass is 9.97. The zero-order valence-electron chi connectivity index (χ0n) is 14.2. The van der Waals surface area contributed by atoms with Crippen LogP contribution in [0.2, 0.25) is 0 Å². The van der Waals surface area contributed by atoms with Gasteiger partial charge in [-0.05, 0) is 29.7 Å². The van der Waals surface area contributed by atoms with Crippen LogP contribution in [0.5, 0.6) is 0 Å². The lowest BCUT2D eigenvalue weighted by molar-refractivity contribution is -0.111. The summed E-state index contributed by atoms with van der Waals surface area (Å²) >= 11 is 0. The summed E-state index contributed by atoms with van der Waals surface area (Å²) in [4.78, 5) is 27.4. The molecule has 1 aromatic carbocycles. The highest BCUT2D eigenvalue weighted by Crippen LogP contribution is 2.24. The molecule has 6 nitrogen and oxygen atoms in total. The molecule has 128 valence electrons. The molecule has 0 aliphatic heterocycles. The molecule has 6 heteroatoms. The number of pyridine rings is 1. The molecule has 1 amide bonds. The molecule has 0 fully saturated rings. The molecule has 0 saturated carbocycles. The third-order valence-corrected chi connectivity index (χ3v) is 4.47. The van der Waals surface area contributed by atoms with Crippen LogP contribution in [0.15, 0.2) is 42.7 Å². The maximum Gasteiger partial charge on any atom is 0.272 e. The first kappa shape index (κ1) is 16.8. The Morgan fingerprint density at radius 3 is 2.84 bits per heavy atom. The SMILES string of the molecule is CC(C=O)C(C)CNC(=O)c1n[nH]c2ccc(-c3cccnc3)cc12. The van der Waals surface area contributed by atoms with Crippen molar-refractivity contribution in [1.82, 2.24) is 20.5 Å². The predicted molar refractivity (Wildman–Crippen MR) is 96.0 cm³/mol. The lowest BCUT2D eigenvalue weighted by Crippen LogP contribution is -2.31. The Hall–Kier alpha value is -3.02. The van der Waals surface area contributed by atoms with Gasteiger partial charge in [0, 0.05) is 35.8 Å². The smallest absolute Gasteiger partial charge is 0.272 e. The zero-order valence-corrected chi connectivity index (χ0v) is 14.2. The summed E-state index contributed by atoms with van der Waals surface area (Å²) in [5, 5.41) is 10.7. The molecule has 2 aromatic heterocycles. The molecular weight excluding hydrogens is 316 g/mol. The maximum absolute atomic E-state index is 12.5. The van der Waals surface area contributed by atoms with Gasteiger partial charge in [0.15, 0.2) is 5.69 Å². The molecule has 0 radical (unpaired) electrons. The van der Waals surface area contributed by atoms with Crippen LogP contribution in [0, 0.1) is 11.8 Å². The van der Waals surface area contributed by atoms with E-state index in [0.717, 1.165) is 28.3 Å². The summed E-state index contributed by atoms with van der Waals surface area (Å²) in [5.74, 6) is -0.287. The molecule has 2 unspecified atom stereocenters. The fourth-order valence-electron chi connectivity index (χ4n) is 2.56. The van der Waals surface area contributed by atoms with E-state index in [1.54, 1.807) is 12.4 Å². The molecule has 3 rings (SSSR count). The highest BCUT2D eigenvalue weighted by molar-refractivity contribution is 6.05. The highest BCUT2D eigenvalue weighted by Gasteiger charge is 2.17. The molecule has 25 heavy (non-hydrogen) atoms. The first-order chi connectivity index (χ1) is 12.1. The Bertz CT molecular complexity index is 889. The van der Waals surface area contributed by atoms with E-state index in [4.69, 9.17) is 0 Å². The number of carbonyl (C=O) groups excluding carboxylic acids is 2. The average Bonchev–Trinajstić information content (AvgIpc) is 3.09. The highest BCUT2D eigenvalue weighted by atomic mass is 16.2. The molecule has 2 heterocycles. The number of hydrogen-bond acceptors (Lipinski definition) is 4. The van der Waals surface area contributed by atoms with Crippen molar-refractivity contribution in [3.8, 4) is 11.1 Å². The van der Waals surface area contributed by atoms with Crippen LogP contribution in [0.1, 0.15) is 24.3 Å². The second-order valence-corrected chi connectivity index (χ2v) is 6.26. The summed E-state index contributed by atoms with van der Waals surface area (Å²) in [6.07, 6.45) is 4.41. The van der Waals surface area contributed by atoms with Crippen LogP contribution in [0.4, 0.5) is 0 Å². The minimum atomic E-state index is -0.250. The summed E-state index contributed by atoms with van der Waals surface area (Å²) in [6.45, 7) is 4.20. The normalized spacial score (nSPS) is 13.4. The summed E-state index contributed by atoms with van der Waals surface area (Å²) in [7, 11) is 0. The maximum atomic E-state index is 12.5. The van der Waals surface area contributed by atoms with Gasteiger partial charge in [0.25, 0.3) is 5.91 Å². The molecule has 0 saturated heterocycles. The van der Waals surface area contributed by atoms with Crippen molar-refractivity contribution in [2.45, 2.75) is 13.8 Å². The number of carbonyl (C=O) groups is 2. The summed E-state index contributed by atoms with van der Waals surface area (Å²) < 4.78 is 0. The van der Waals surface area contributed by atoms with Gasteiger partial charge < -0.3 is 10.1 Å². The molecule has 0 spiro atoms. The number of rotatable bonds is 6. The van der Waals surface area contributed by atoms with E-state index in [1.165, 1.54) is 0 Å². The van der Waals surface area contributed by atoms with E-state index in [2.05, 4.69) is 20.5 Å². The quantitative estimate of drug-likeness (QED) is 0.678. The number of aromatic nitrogens is 3. The number of hydrogen-bond donors (Lipinski definition) is 2. The largest absolute Gasteiger partial charge is 0.350 e. The first-order valence-electron chi connectivity index (χ1n) is 8.22. The van der Waals surface area contributed by atoms with Gasteiger partial charge in [0.1, 0.15) is 6.29 Å². The van der Waals surface area contributed by atoms with Gasteiger partial charge in [-0.25, -0.2) is 0 Å². The van der Waals surface area contributed by atoms with Crippen LogP contribution in [0.25, 0.3) is 22.0 Å². The van der Waals surface area contributed by atoms with Crippen LogP contribution >= 0.6 is 0 Å². The molecule has 0 bridgehead atoms. The topological polar surface area (TPSA) is 87.7 Å². The molecular formula is C19H20N4O2. The Kier molecular flexibility index (Phi) is 4.88.